The van der Waals surface area contributed by atoms with E-state index in [-0.39, 0.29) is 44.3 Å². The van der Waals surface area contributed by atoms with Crippen LogP contribution in [0.2, 0.25) is 0 Å². The number of hydrogen-bond donors (Lipinski definition) is 6. The minimum absolute atomic E-state index is 0.0159. The summed E-state index contributed by atoms with van der Waals surface area (Å²) in [6.45, 7) is -12.5. The first-order valence-corrected chi connectivity index (χ1v) is 25.8. The largest absolute Gasteiger partial charge is 0.779 e. The number of rotatable bonds is 16. The molecule has 35 heteroatoms. The Kier molecular flexibility index (Phi) is 13.5. The summed E-state index contributed by atoms with van der Waals surface area (Å²) >= 11 is 11.3. The van der Waals surface area contributed by atoms with Crippen LogP contribution in [-0.4, -0.2) is 122 Å². The Balaban J connectivity index is 1.02. The lowest BCUT2D eigenvalue weighted by Gasteiger charge is -2.38. The number of thioether (sulfide) groups is 2. The second kappa shape index (κ2) is 17.1. The number of nitrogen functional groups attached to an aromatic ring is 2. The lowest BCUT2D eigenvalue weighted by molar-refractivity contribution is -0.243. The first kappa shape index (κ1) is 45.1. The van der Waals surface area contributed by atoms with Crippen LogP contribution in [0.1, 0.15) is 12.5 Å². The van der Waals surface area contributed by atoms with Crippen LogP contribution in [0.4, 0.5) is 11.6 Å². The summed E-state index contributed by atoms with van der Waals surface area (Å²) in [6, 6.07) is 0. The van der Waals surface area contributed by atoms with Gasteiger partial charge in [0.15, 0.2) is 45.7 Å². The molecular formula is C22H28N10O17P4S4-4. The molecule has 0 saturated carbocycles. The summed E-state index contributed by atoms with van der Waals surface area (Å²) in [5.74, 6) is 0.0318. The maximum absolute atomic E-state index is 12.7. The molecule has 8 N–H and O–H groups in total. The third-order valence-corrected chi connectivity index (χ3v) is 16.5. The highest BCUT2D eigenvalue weighted by Crippen LogP contribution is 2.68. The van der Waals surface area contributed by atoms with E-state index in [0.29, 0.717) is 0 Å². The molecule has 0 aromatic carbocycles. The van der Waals surface area contributed by atoms with Crippen LogP contribution in [0.15, 0.2) is 23.0 Å². The number of imidazole rings is 2. The lowest BCUT2D eigenvalue weighted by Crippen LogP contribution is -2.34. The SMILES string of the molecule is CSc1nc(N)c2ncn([C@@H]3O[C@H](COP(=O)([S-])OP(=O)([O-])OP(=O)([O-])OP([O-])(=S)OC[C@H]4O[C@@H](n5cnc6c(N)nc(SC)nc65)[C@H](O)[C@@H]4O)[C@@H](O)[C@H]3O)c2n1. The lowest BCUT2D eigenvalue weighted by atomic mass is 10.1. The molecular weight excluding hydrogens is 928 g/mol. The molecule has 0 bridgehead atoms. The molecule has 2 aliphatic rings. The summed E-state index contributed by atoms with van der Waals surface area (Å²) in [7, 11) is -12.6. The van der Waals surface area contributed by atoms with Crippen LogP contribution >= 0.6 is 52.7 Å². The zero-order valence-corrected chi connectivity index (χ0v) is 35.3. The molecule has 0 radical (unpaired) electrons. The van der Waals surface area contributed by atoms with Crippen LogP contribution in [0.3, 0.4) is 0 Å². The number of aliphatic hydroxyl groups excluding tert-OH is 4. The molecule has 0 spiro atoms. The first-order chi connectivity index (χ1) is 26.5. The Morgan fingerprint density at radius 1 is 0.754 bits per heavy atom. The molecule has 4 aromatic rings. The fourth-order valence-electron chi connectivity index (χ4n) is 5.36. The monoisotopic (exact) mass is 956 g/mol. The number of aromatic nitrogens is 8. The van der Waals surface area contributed by atoms with Gasteiger partial charge < -0.3 is 77.3 Å². The van der Waals surface area contributed by atoms with E-state index in [1.165, 1.54) is 21.8 Å². The molecule has 2 aliphatic heterocycles. The quantitative estimate of drug-likeness (QED) is 0.0300. The summed E-state index contributed by atoms with van der Waals surface area (Å²) in [4.78, 5) is 62.3. The number of ether oxygens (including phenoxy) is 2. The standard InChI is InChI=1S/C22H32N10O17P4S4/c1-56-21-27-15(23)9-17(29-21)31(5-25-9)19-13(35)11(33)7(45-19)3-43-52(41,54)48-50(37,38)47-51(39,40)49-53(42,55)44-4-8-12(34)14(36)20(46-8)32-6-26-10-16(24)28-22(57-2)30-18(10)32/h5-8,11-14,19-20,33-36H,3-4H2,1-2H3,(H,37,38)(H,39,40)(H,41,54)(H,42,55)(H2,23,27,29)(H2,24,28,30)/p-4/t7-,8-,11-,12-,13-,14-,19-,20-,52?,53?/m1/s1. The molecule has 6 heterocycles. The molecule has 4 unspecified atom stereocenters. The number of nitrogens with zero attached hydrogens (tertiary/aromatic N) is 8. The average molecular weight is 957 g/mol. The van der Waals surface area contributed by atoms with Crippen molar-refractivity contribution in [3.05, 3.63) is 12.7 Å². The number of hydrogen-bond acceptors (Lipinski definition) is 29. The van der Waals surface area contributed by atoms with Gasteiger partial charge in [0.25, 0.3) is 15.6 Å². The van der Waals surface area contributed by atoms with E-state index in [2.05, 4.69) is 66.9 Å². The van der Waals surface area contributed by atoms with Gasteiger partial charge >= 0.3 is 0 Å². The van der Waals surface area contributed by atoms with Gasteiger partial charge in [-0.3, -0.25) is 31.5 Å². The number of nitrogens with two attached hydrogens (primary N) is 2. The van der Waals surface area contributed by atoms with E-state index in [0.717, 1.165) is 23.5 Å². The van der Waals surface area contributed by atoms with E-state index >= 15 is 0 Å². The van der Waals surface area contributed by atoms with Gasteiger partial charge in [0, 0.05) is 0 Å². The fraction of sp³-hybridized carbons (Fsp3) is 0.545. The molecule has 6 rings (SSSR count). The van der Waals surface area contributed by atoms with Crippen LogP contribution in [0, 0.1) is 0 Å². The van der Waals surface area contributed by atoms with E-state index in [9.17, 15) is 48.8 Å². The van der Waals surface area contributed by atoms with Gasteiger partial charge in [-0.1, -0.05) is 35.3 Å². The van der Waals surface area contributed by atoms with Crippen LogP contribution in [0.5, 0.6) is 0 Å². The van der Waals surface area contributed by atoms with Crippen molar-refractivity contribution in [2.45, 2.75) is 59.4 Å². The Bertz CT molecular complexity index is 2190. The van der Waals surface area contributed by atoms with Gasteiger partial charge in [0.05, 0.1) is 25.9 Å². The van der Waals surface area contributed by atoms with Crippen molar-refractivity contribution in [3.8, 4) is 0 Å². The number of aliphatic hydroxyl groups is 4. The number of phosphoric acid groups is 2. The zero-order valence-electron chi connectivity index (χ0n) is 28.4. The summed E-state index contributed by atoms with van der Waals surface area (Å²) < 4.78 is 72.8. The van der Waals surface area contributed by atoms with Gasteiger partial charge in [-0.25, -0.2) is 34.2 Å². The van der Waals surface area contributed by atoms with Crippen molar-refractivity contribution in [1.82, 2.24) is 39.0 Å². The van der Waals surface area contributed by atoms with Crippen molar-refractivity contribution in [2.75, 3.05) is 37.2 Å². The van der Waals surface area contributed by atoms with E-state index in [1.807, 2.05) is 0 Å². The van der Waals surface area contributed by atoms with E-state index in [1.54, 1.807) is 12.5 Å². The topological polar surface area (TPSA) is 405 Å². The number of anilines is 2. The summed E-state index contributed by atoms with van der Waals surface area (Å²) in [5.41, 5.74) is 12.3. The second-order valence-electron chi connectivity index (χ2n) is 11.6. The predicted molar refractivity (Wildman–Crippen MR) is 195 cm³/mol. The van der Waals surface area contributed by atoms with Gasteiger partial charge in [0.2, 0.25) is 6.80 Å². The minimum Gasteiger partial charge on any atom is -0.779 e. The fourth-order valence-corrected chi connectivity index (χ4v) is 12.7. The van der Waals surface area contributed by atoms with E-state index < -0.39 is 91.5 Å². The third-order valence-electron chi connectivity index (χ3n) is 7.84. The third kappa shape index (κ3) is 10.0. The molecule has 2 saturated heterocycles. The molecule has 316 valence electrons. The zero-order chi connectivity index (χ0) is 41.8. The highest BCUT2D eigenvalue weighted by atomic mass is 32.7. The molecule has 12 atom stereocenters. The normalized spacial score (nSPS) is 29.6. The van der Waals surface area contributed by atoms with Gasteiger partial charge in [-0.2, -0.15) is 0 Å². The number of fused-ring (bicyclic) bond motifs is 2. The predicted octanol–water partition coefficient (Wildman–Crippen LogP) is -2.23. The van der Waals surface area contributed by atoms with Crippen LogP contribution in [-0.2, 0) is 69.2 Å². The van der Waals surface area contributed by atoms with Crippen molar-refractivity contribution < 1.29 is 80.3 Å². The highest BCUT2D eigenvalue weighted by Gasteiger charge is 2.46. The Morgan fingerprint density at radius 3 is 1.61 bits per heavy atom. The van der Waals surface area contributed by atoms with Crippen molar-refractivity contribution in [1.29, 1.82) is 0 Å². The summed E-state index contributed by atoms with van der Waals surface area (Å²) in [6.07, 6.45) is -6.97. The maximum atomic E-state index is 12.7. The van der Waals surface area contributed by atoms with Crippen molar-refractivity contribution in [3.63, 3.8) is 0 Å². The van der Waals surface area contributed by atoms with Gasteiger partial charge in [0.1, 0.15) is 54.4 Å². The van der Waals surface area contributed by atoms with Crippen LogP contribution in [0.25, 0.3) is 22.3 Å². The minimum atomic E-state index is -6.31. The van der Waals surface area contributed by atoms with Crippen LogP contribution < -0.4 is 26.1 Å². The average Bonchev–Trinajstić information content (AvgIpc) is 3.86. The summed E-state index contributed by atoms with van der Waals surface area (Å²) in [5, 5.41) is 42.9. The Morgan fingerprint density at radius 2 is 1.18 bits per heavy atom. The Labute approximate surface area is 338 Å². The maximum Gasteiger partial charge on any atom is 0.280 e. The van der Waals surface area contributed by atoms with Gasteiger partial charge in [-0.05, 0) is 12.5 Å². The highest BCUT2D eigenvalue weighted by molar-refractivity contribution is 8.33. The molecule has 57 heavy (non-hydrogen) atoms. The molecule has 0 amide bonds. The molecule has 27 nitrogen and oxygen atoms in total. The first-order valence-electron chi connectivity index (χ1n) is 15.3. The van der Waals surface area contributed by atoms with Crippen molar-refractivity contribution in [2.24, 2.45) is 0 Å². The molecule has 2 fully saturated rings. The molecule has 0 aliphatic carbocycles. The smallest absolute Gasteiger partial charge is 0.280 e. The van der Waals surface area contributed by atoms with Crippen molar-refractivity contribution >= 4 is 111 Å². The second-order valence-corrected chi connectivity index (χ2v) is 21.8. The molecule has 4 aromatic heterocycles. The van der Waals surface area contributed by atoms with E-state index in [4.69, 9.17) is 30.0 Å². The Hall–Kier alpha value is -1.47. The van der Waals surface area contributed by atoms with Gasteiger partial charge in [-0.15, -0.1) is 0 Å².